The summed E-state index contributed by atoms with van der Waals surface area (Å²) in [5.41, 5.74) is 6.66. The molecule has 104 valence electrons. The highest BCUT2D eigenvalue weighted by atomic mass is 32.1. The molecule has 2 rings (SSSR count). The molecule has 0 bridgehead atoms. The third-order valence-corrected chi connectivity index (χ3v) is 2.92. The van der Waals surface area contributed by atoms with Crippen LogP contribution in [0.25, 0.3) is 0 Å². The monoisotopic (exact) mass is 291 g/mol. The largest absolute Gasteiger partial charge is 0.497 e. The molecule has 0 atom stereocenters. The molecule has 0 aliphatic heterocycles. The van der Waals surface area contributed by atoms with E-state index in [1.165, 1.54) is 12.1 Å². The van der Waals surface area contributed by atoms with Gasteiger partial charge in [-0.05, 0) is 35.9 Å². The van der Waals surface area contributed by atoms with E-state index >= 15 is 0 Å². The minimum Gasteiger partial charge on any atom is -0.497 e. The van der Waals surface area contributed by atoms with Gasteiger partial charge in [0, 0.05) is 11.6 Å². The first kappa shape index (κ1) is 14.3. The second-order valence-electron chi connectivity index (χ2n) is 4.18. The molecule has 5 heteroatoms. The molecular formula is C15H14FNO2S. The van der Waals surface area contributed by atoms with Crippen LogP contribution in [0.2, 0.25) is 0 Å². The summed E-state index contributed by atoms with van der Waals surface area (Å²) in [6.07, 6.45) is 0. The third-order valence-electron chi connectivity index (χ3n) is 2.69. The van der Waals surface area contributed by atoms with E-state index in [1.807, 2.05) is 12.1 Å². The zero-order chi connectivity index (χ0) is 14.5. The van der Waals surface area contributed by atoms with Gasteiger partial charge in [0.25, 0.3) is 0 Å². The summed E-state index contributed by atoms with van der Waals surface area (Å²) in [6.45, 7) is 0.223. The van der Waals surface area contributed by atoms with E-state index < -0.39 is 0 Å². The van der Waals surface area contributed by atoms with Crippen LogP contribution < -0.4 is 15.2 Å². The molecular weight excluding hydrogens is 277 g/mol. The van der Waals surface area contributed by atoms with Crippen molar-refractivity contribution in [3.63, 3.8) is 0 Å². The van der Waals surface area contributed by atoms with Gasteiger partial charge >= 0.3 is 0 Å². The van der Waals surface area contributed by atoms with Crippen LogP contribution in [0.5, 0.6) is 11.5 Å². The Morgan fingerprint density at radius 1 is 1.20 bits per heavy atom. The number of ether oxygens (including phenoxy) is 2. The topological polar surface area (TPSA) is 44.5 Å². The minimum absolute atomic E-state index is 0.159. The highest BCUT2D eigenvalue weighted by Gasteiger charge is 2.04. The summed E-state index contributed by atoms with van der Waals surface area (Å²) in [7, 11) is 1.58. The molecule has 20 heavy (non-hydrogen) atoms. The van der Waals surface area contributed by atoms with Crippen LogP contribution in [0.1, 0.15) is 11.1 Å². The lowest BCUT2D eigenvalue weighted by Gasteiger charge is -2.09. The van der Waals surface area contributed by atoms with E-state index in [0.717, 1.165) is 0 Å². The normalized spacial score (nSPS) is 10.1. The van der Waals surface area contributed by atoms with E-state index in [-0.39, 0.29) is 17.4 Å². The van der Waals surface area contributed by atoms with Crippen molar-refractivity contribution in [2.75, 3.05) is 7.11 Å². The Kier molecular flexibility index (Phi) is 4.53. The number of nitrogens with two attached hydrogens (primary N) is 1. The Morgan fingerprint density at radius 3 is 2.65 bits per heavy atom. The molecule has 0 radical (unpaired) electrons. The predicted octanol–water partition coefficient (Wildman–Crippen LogP) is 3.05. The fourth-order valence-electron chi connectivity index (χ4n) is 1.73. The number of rotatable bonds is 5. The van der Waals surface area contributed by atoms with Crippen LogP contribution in [0.3, 0.4) is 0 Å². The Balaban J connectivity index is 2.12. The molecule has 0 fully saturated rings. The van der Waals surface area contributed by atoms with E-state index in [0.29, 0.717) is 22.6 Å². The first-order valence-electron chi connectivity index (χ1n) is 5.94. The van der Waals surface area contributed by atoms with Crippen molar-refractivity contribution < 1.29 is 13.9 Å². The summed E-state index contributed by atoms with van der Waals surface area (Å²) in [4.78, 5) is 0.159. The van der Waals surface area contributed by atoms with Gasteiger partial charge in [-0.15, -0.1) is 0 Å². The standard InChI is InChI=1S/C15H14FNO2S/c1-18-13-3-2-4-14(8-13)19-9-10-5-11(15(17)20)7-12(16)6-10/h2-8H,9H2,1H3,(H2,17,20). The van der Waals surface area contributed by atoms with E-state index in [9.17, 15) is 4.39 Å². The lowest BCUT2D eigenvalue weighted by atomic mass is 10.1. The van der Waals surface area contributed by atoms with E-state index in [4.69, 9.17) is 27.4 Å². The van der Waals surface area contributed by atoms with Gasteiger partial charge in [-0.3, -0.25) is 0 Å². The maximum atomic E-state index is 13.4. The first-order valence-corrected chi connectivity index (χ1v) is 6.35. The van der Waals surface area contributed by atoms with Crippen LogP contribution in [0.4, 0.5) is 4.39 Å². The van der Waals surface area contributed by atoms with E-state index in [1.54, 1.807) is 25.3 Å². The number of hydrogen-bond acceptors (Lipinski definition) is 3. The Hall–Kier alpha value is -2.14. The van der Waals surface area contributed by atoms with Crippen LogP contribution in [-0.4, -0.2) is 12.1 Å². The number of thiocarbonyl (C=S) groups is 1. The molecule has 0 saturated heterocycles. The Labute approximate surface area is 122 Å². The molecule has 2 aromatic carbocycles. The Morgan fingerprint density at radius 2 is 1.95 bits per heavy atom. The van der Waals surface area contributed by atoms with Gasteiger partial charge < -0.3 is 15.2 Å². The van der Waals surface area contributed by atoms with Crippen LogP contribution >= 0.6 is 12.2 Å². The van der Waals surface area contributed by atoms with Crippen molar-refractivity contribution in [3.05, 3.63) is 59.4 Å². The van der Waals surface area contributed by atoms with Crippen molar-refractivity contribution in [2.24, 2.45) is 5.73 Å². The van der Waals surface area contributed by atoms with Gasteiger partial charge in [0.1, 0.15) is 28.9 Å². The second-order valence-corrected chi connectivity index (χ2v) is 4.62. The zero-order valence-corrected chi connectivity index (χ0v) is 11.7. The van der Waals surface area contributed by atoms with Gasteiger partial charge in [-0.2, -0.15) is 0 Å². The van der Waals surface area contributed by atoms with Crippen molar-refractivity contribution in [2.45, 2.75) is 6.61 Å². The van der Waals surface area contributed by atoms with E-state index in [2.05, 4.69) is 0 Å². The minimum atomic E-state index is -0.389. The molecule has 0 saturated carbocycles. The SMILES string of the molecule is COc1cccc(OCc2cc(F)cc(C(N)=S)c2)c1. The average Bonchev–Trinajstić information content (AvgIpc) is 2.44. The lowest BCUT2D eigenvalue weighted by molar-refractivity contribution is 0.303. The lowest BCUT2D eigenvalue weighted by Crippen LogP contribution is -2.10. The smallest absolute Gasteiger partial charge is 0.124 e. The zero-order valence-electron chi connectivity index (χ0n) is 10.9. The molecule has 0 aliphatic rings. The summed E-state index contributed by atoms with van der Waals surface area (Å²) in [6, 6.07) is 11.6. The van der Waals surface area contributed by atoms with Gasteiger partial charge in [0.2, 0.25) is 0 Å². The average molecular weight is 291 g/mol. The highest BCUT2D eigenvalue weighted by molar-refractivity contribution is 7.80. The maximum absolute atomic E-state index is 13.4. The molecule has 2 N–H and O–H groups in total. The summed E-state index contributed by atoms with van der Waals surface area (Å²) < 4.78 is 24.1. The second kappa shape index (κ2) is 6.34. The molecule has 2 aromatic rings. The molecule has 0 aromatic heterocycles. The van der Waals surface area contributed by atoms with Crippen LogP contribution in [0, 0.1) is 5.82 Å². The van der Waals surface area contributed by atoms with Crippen molar-refractivity contribution in [3.8, 4) is 11.5 Å². The van der Waals surface area contributed by atoms with Crippen LogP contribution in [-0.2, 0) is 6.61 Å². The summed E-state index contributed by atoms with van der Waals surface area (Å²) in [5.74, 6) is 0.954. The summed E-state index contributed by atoms with van der Waals surface area (Å²) in [5, 5.41) is 0. The predicted molar refractivity (Wildman–Crippen MR) is 79.6 cm³/mol. The quantitative estimate of drug-likeness (QED) is 0.860. The summed E-state index contributed by atoms with van der Waals surface area (Å²) >= 11 is 4.85. The molecule has 0 unspecified atom stereocenters. The Bertz CT molecular complexity index is 631. The third kappa shape index (κ3) is 3.68. The fourth-order valence-corrected chi connectivity index (χ4v) is 1.85. The van der Waals surface area contributed by atoms with Crippen molar-refractivity contribution in [1.82, 2.24) is 0 Å². The number of hydrogen-bond donors (Lipinski definition) is 1. The molecule has 0 spiro atoms. The van der Waals surface area contributed by atoms with Gasteiger partial charge in [0.15, 0.2) is 0 Å². The van der Waals surface area contributed by atoms with Gasteiger partial charge in [-0.25, -0.2) is 4.39 Å². The van der Waals surface area contributed by atoms with Gasteiger partial charge in [-0.1, -0.05) is 18.3 Å². The number of methoxy groups -OCH3 is 1. The van der Waals surface area contributed by atoms with Crippen LogP contribution in [0.15, 0.2) is 42.5 Å². The number of benzene rings is 2. The van der Waals surface area contributed by atoms with Crippen molar-refractivity contribution in [1.29, 1.82) is 0 Å². The van der Waals surface area contributed by atoms with Crippen molar-refractivity contribution >= 4 is 17.2 Å². The molecule has 0 aliphatic carbocycles. The fraction of sp³-hybridized carbons (Fsp3) is 0.133. The highest BCUT2D eigenvalue weighted by Crippen LogP contribution is 2.20. The number of halogens is 1. The first-order chi connectivity index (χ1) is 9.58. The molecule has 0 heterocycles. The molecule has 0 amide bonds. The maximum Gasteiger partial charge on any atom is 0.124 e. The van der Waals surface area contributed by atoms with Gasteiger partial charge in [0.05, 0.1) is 7.11 Å². The molecule has 3 nitrogen and oxygen atoms in total.